The molecule has 0 fully saturated rings. The van der Waals surface area contributed by atoms with Crippen LogP contribution in [0.2, 0.25) is 5.02 Å². The topological polar surface area (TPSA) is 55.1 Å². The molecule has 0 saturated carbocycles. The molecular weight excluding hydrogens is 195 g/mol. The quantitative estimate of drug-likeness (QED) is 0.721. The van der Waals surface area contributed by atoms with E-state index in [1.54, 1.807) is 6.92 Å². The summed E-state index contributed by atoms with van der Waals surface area (Å²) < 4.78 is 13.0. The SMILES string of the molecule is Cc1cc(Cl)c(NC(N)=O)cc1F. The van der Waals surface area contributed by atoms with Crippen LogP contribution in [0.1, 0.15) is 5.56 Å². The van der Waals surface area contributed by atoms with Crippen molar-refractivity contribution in [3.8, 4) is 0 Å². The Labute approximate surface area is 79.7 Å². The molecule has 0 heterocycles. The Hall–Kier alpha value is -1.29. The molecule has 1 aromatic rings. The Morgan fingerprint density at radius 2 is 2.23 bits per heavy atom. The second kappa shape index (κ2) is 3.62. The fraction of sp³-hybridized carbons (Fsp3) is 0.125. The van der Waals surface area contributed by atoms with Gasteiger partial charge in [0, 0.05) is 0 Å². The Balaban J connectivity index is 3.08. The van der Waals surface area contributed by atoms with Crippen LogP contribution in [0.15, 0.2) is 12.1 Å². The summed E-state index contributed by atoms with van der Waals surface area (Å²) >= 11 is 5.71. The number of anilines is 1. The number of carbonyl (C=O) groups excluding carboxylic acids is 1. The molecule has 2 amide bonds. The number of hydrogen-bond donors (Lipinski definition) is 2. The normalized spacial score (nSPS) is 9.77. The van der Waals surface area contributed by atoms with Crippen molar-refractivity contribution in [1.29, 1.82) is 0 Å². The highest BCUT2D eigenvalue weighted by Crippen LogP contribution is 2.24. The molecule has 0 atom stereocenters. The predicted molar refractivity (Wildman–Crippen MR) is 49.4 cm³/mol. The third kappa shape index (κ3) is 2.32. The van der Waals surface area contributed by atoms with Crippen LogP contribution in [0.25, 0.3) is 0 Å². The molecule has 1 aromatic carbocycles. The first kappa shape index (κ1) is 9.80. The van der Waals surface area contributed by atoms with Crippen LogP contribution in [0.5, 0.6) is 0 Å². The van der Waals surface area contributed by atoms with Gasteiger partial charge in [-0.25, -0.2) is 9.18 Å². The summed E-state index contributed by atoms with van der Waals surface area (Å²) in [5.74, 6) is -0.437. The van der Waals surface area contributed by atoms with Crippen LogP contribution in [-0.4, -0.2) is 6.03 Å². The van der Waals surface area contributed by atoms with Crippen LogP contribution >= 0.6 is 11.6 Å². The lowest BCUT2D eigenvalue weighted by atomic mass is 10.2. The van der Waals surface area contributed by atoms with Gasteiger partial charge in [-0.2, -0.15) is 0 Å². The van der Waals surface area contributed by atoms with Crippen molar-refractivity contribution >= 4 is 23.3 Å². The van der Waals surface area contributed by atoms with Gasteiger partial charge < -0.3 is 11.1 Å². The largest absolute Gasteiger partial charge is 0.351 e. The predicted octanol–water partition coefficient (Wildman–Crippen LogP) is 2.28. The van der Waals surface area contributed by atoms with E-state index in [0.717, 1.165) is 6.07 Å². The molecule has 1 rings (SSSR count). The molecule has 5 heteroatoms. The molecule has 0 bridgehead atoms. The van der Waals surface area contributed by atoms with E-state index in [4.69, 9.17) is 17.3 Å². The first-order valence-electron chi connectivity index (χ1n) is 3.53. The highest BCUT2D eigenvalue weighted by molar-refractivity contribution is 6.33. The Kier molecular flexibility index (Phi) is 2.72. The van der Waals surface area contributed by atoms with Crippen molar-refractivity contribution in [2.24, 2.45) is 5.73 Å². The lowest BCUT2D eigenvalue weighted by Gasteiger charge is -2.05. The highest BCUT2D eigenvalue weighted by Gasteiger charge is 2.06. The number of halogens is 2. The first-order valence-corrected chi connectivity index (χ1v) is 3.90. The van der Waals surface area contributed by atoms with Crippen molar-refractivity contribution in [2.45, 2.75) is 6.92 Å². The molecule has 0 aromatic heterocycles. The number of nitrogens with one attached hydrogen (secondary N) is 1. The number of benzene rings is 1. The molecule has 0 unspecified atom stereocenters. The molecule has 0 aliphatic carbocycles. The van der Waals surface area contributed by atoms with Gasteiger partial charge in [0.2, 0.25) is 0 Å². The zero-order chi connectivity index (χ0) is 10.0. The minimum atomic E-state index is -0.773. The minimum absolute atomic E-state index is 0.178. The smallest absolute Gasteiger partial charge is 0.316 e. The van der Waals surface area contributed by atoms with E-state index in [9.17, 15) is 9.18 Å². The number of carbonyl (C=O) groups is 1. The maximum absolute atomic E-state index is 13.0. The summed E-state index contributed by atoms with van der Waals surface area (Å²) in [6.45, 7) is 1.58. The lowest BCUT2D eigenvalue weighted by molar-refractivity contribution is 0.259. The fourth-order valence-corrected chi connectivity index (χ4v) is 1.14. The van der Waals surface area contributed by atoms with Gasteiger partial charge in [0.25, 0.3) is 0 Å². The van der Waals surface area contributed by atoms with Crippen LogP contribution in [0.4, 0.5) is 14.9 Å². The molecule has 0 aliphatic heterocycles. The number of nitrogens with two attached hydrogens (primary N) is 1. The maximum Gasteiger partial charge on any atom is 0.316 e. The number of urea groups is 1. The van der Waals surface area contributed by atoms with Gasteiger partial charge in [-0.15, -0.1) is 0 Å². The molecule has 13 heavy (non-hydrogen) atoms. The molecule has 0 radical (unpaired) electrons. The summed E-state index contributed by atoms with van der Waals surface area (Å²) in [4.78, 5) is 10.4. The number of amides is 2. The summed E-state index contributed by atoms with van der Waals surface area (Å²) in [6.07, 6.45) is 0. The number of rotatable bonds is 1. The van der Waals surface area contributed by atoms with E-state index < -0.39 is 11.8 Å². The van der Waals surface area contributed by atoms with E-state index in [2.05, 4.69) is 5.32 Å². The third-order valence-electron chi connectivity index (χ3n) is 1.51. The van der Waals surface area contributed by atoms with E-state index in [0.29, 0.717) is 5.56 Å². The molecule has 0 saturated heterocycles. The first-order chi connectivity index (χ1) is 6.00. The van der Waals surface area contributed by atoms with Gasteiger partial charge in [-0.05, 0) is 24.6 Å². The molecular formula is C8H8ClFN2O. The van der Waals surface area contributed by atoms with E-state index in [1.165, 1.54) is 6.07 Å². The minimum Gasteiger partial charge on any atom is -0.351 e. The molecule has 70 valence electrons. The van der Waals surface area contributed by atoms with Gasteiger partial charge in [-0.1, -0.05) is 11.6 Å². The Bertz CT molecular complexity index is 354. The average molecular weight is 203 g/mol. The molecule has 0 spiro atoms. The standard InChI is InChI=1S/C8H8ClFN2O/c1-4-2-5(9)7(3-6(4)10)12-8(11)13/h2-3H,1H3,(H3,11,12,13). The number of hydrogen-bond acceptors (Lipinski definition) is 1. The van der Waals surface area contributed by atoms with Gasteiger partial charge in [0.15, 0.2) is 0 Å². The van der Waals surface area contributed by atoms with Crippen molar-refractivity contribution in [2.75, 3.05) is 5.32 Å². The summed E-state index contributed by atoms with van der Waals surface area (Å²) in [7, 11) is 0. The van der Waals surface area contributed by atoms with Gasteiger partial charge >= 0.3 is 6.03 Å². The number of aryl methyl sites for hydroxylation is 1. The fourth-order valence-electron chi connectivity index (χ4n) is 0.875. The van der Waals surface area contributed by atoms with Gasteiger partial charge in [0.05, 0.1) is 10.7 Å². The zero-order valence-electron chi connectivity index (χ0n) is 6.90. The van der Waals surface area contributed by atoms with Crippen LogP contribution in [0, 0.1) is 12.7 Å². The summed E-state index contributed by atoms with van der Waals surface area (Å²) in [5.41, 5.74) is 5.45. The summed E-state index contributed by atoms with van der Waals surface area (Å²) in [5, 5.41) is 2.47. The van der Waals surface area contributed by atoms with Crippen LogP contribution in [0.3, 0.4) is 0 Å². The lowest BCUT2D eigenvalue weighted by Crippen LogP contribution is -2.19. The third-order valence-corrected chi connectivity index (χ3v) is 1.82. The maximum atomic E-state index is 13.0. The van der Waals surface area contributed by atoms with Gasteiger partial charge in [0.1, 0.15) is 5.82 Å². The molecule has 3 nitrogen and oxygen atoms in total. The van der Waals surface area contributed by atoms with Crippen LogP contribution < -0.4 is 11.1 Å². The zero-order valence-corrected chi connectivity index (χ0v) is 7.65. The van der Waals surface area contributed by atoms with Gasteiger partial charge in [-0.3, -0.25) is 0 Å². The summed E-state index contributed by atoms with van der Waals surface area (Å²) in [6, 6.07) is 1.77. The monoisotopic (exact) mass is 202 g/mol. The number of primary amides is 1. The van der Waals surface area contributed by atoms with Crippen molar-refractivity contribution in [3.63, 3.8) is 0 Å². The highest BCUT2D eigenvalue weighted by atomic mass is 35.5. The van der Waals surface area contributed by atoms with E-state index in [-0.39, 0.29) is 10.7 Å². The average Bonchev–Trinajstić information content (AvgIpc) is 1.99. The van der Waals surface area contributed by atoms with E-state index in [1.807, 2.05) is 0 Å². The molecule has 3 N–H and O–H groups in total. The second-order valence-electron chi connectivity index (χ2n) is 2.57. The molecule has 0 aliphatic rings. The van der Waals surface area contributed by atoms with Crippen molar-refractivity contribution in [3.05, 3.63) is 28.5 Å². The van der Waals surface area contributed by atoms with Crippen molar-refractivity contribution < 1.29 is 9.18 Å². The Morgan fingerprint density at radius 1 is 1.62 bits per heavy atom. The Morgan fingerprint density at radius 3 is 2.77 bits per heavy atom. The van der Waals surface area contributed by atoms with E-state index >= 15 is 0 Å². The van der Waals surface area contributed by atoms with Crippen LogP contribution in [-0.2, 0) is 0 Å². The second-order valence-corrected chi connectivity index (χ2v) is 2.98. The van der Waals surface area contributed by atoms with Crippen molar-refractivity contribution in [1.82, 2.24) is 0 Å².